The molecule has 23 heavy (non-hydrogen) atoms. The van der Waals surface area contributed by atoms with Crippen molar-refractivity contribution in [1.29, 1.82) is 0 Å². The molecule has 1 atom stereocenters. The molecule has 2 N–H and O–H groups in total. The fourth-order valence-corrected chi connectivity index (χ4v) is 3.23. The number of nitrogens with one attached hydrogen (secondary N) is 1. The Morgan fingerprint density at radius 2 is 1.65 bits per heavy atom. The van der Waals surface area contributed by atoms with Crippen LogP contribution in [0.25, 0.3) is 5.70 Å². The molecule has 1 heterocycles. The highest BCUT2D eigenvalue weighted by molar-refractivity contribution is 6.23. The molecular weight excluding hydrogens is 292 g/mol. The van der Waals surface area contributed by atoms with E-state index in [9.17, 15) is 14.7 Å². The zero-order valence-electron chi connectivity index (χ0n) is 12.4. The molecule has 114 valence electrons. The van der Waals surface area contributed by atoms with Crippen molar-refractivity contribution >= 4 is 17.5 Å². The molecule has 4 rings (SSSR count). The molecule has 1 unspecified atom stereocenters. The molecule has 2 aromatic carbocycles. The van der Waals surface area contributed by atoms with E-state index in [1.165, 1.54) is 4.90 Å². The lowest BCUT2D eigenvalue weighted by molar-refractivity contribution is 0.102. The standard InChI is InChI=1S/C18H14N2O3/c1-20-16-12-4-2-3-5-13(12)17(22)14(16)15(19-18(20)23)10-6-8-11(21)9-7-10/h2-9,15,21H,1H3,(H,19,23). The molecule has 5 nitrogen and oxygen atoms in total. The second-order valence-electron chi connectivity index (χ2n) is 5.67. The Hall–Kier alpha value is -3.08. The van der Waals surface area contributed by atoms with Crippen LogP contribution >= 0.6 is 0 Å². The first-order valence-corrected chi connectivity index (χ1v) is 7.29. The third-order valence-corrected chi connectivity index (χ3v) is 4.35. The number of hydrogen-bond donors (Lipinski definition) is 2. The molecule has 0 aromatic heterocycles. The average Bonchev–Trinajstić information content (AvgIpc) is 2.86. The summed E-state index contributed by atoms with van der Waals surface area (Å²) in [6, 6.07) is 13.1. The van der Waals surface area contributed by atoms with Gasteiger partial charge in [-0.1, -0.05) is 36.4 Å². The van der Waals surface area contributed by atoms with Gasteiger partial charge in [0.25, 0.3) is 0 Å². The first kappa shape index (κ1) is 13.6. The summed E-state index contributed by atoms with van der Waals surface area (Å²) in [5, 5.41) is 12.3. The quantitative estimate of drug-likeness (QED) is 0.851. The van der Waals surface area contributed by atoms with Crippen LogP contribution in [0.1, 0.15) is 27.5 Å². The van der Waals surface area contributed by atoms with Gasteiger partial charge < -0.3 is 10.4 Å². The third kappa shape index (κ3) is 1.86. The number of urea groups is 1. The van der Waals surface area contributed by atoms with Crippen molar-refractivity contribution in [3.63, 3.8) is 0 Å². The Morgan fingerprint density at radius 3 is 2.35 bits per heavy atom. The number of hydrogen-bond acceptors (Lipinski definition) is 3. The van der Waals surface area contributed by atoms with E-state index in [4.69, 9.17) is 0 Å². The van der Waals surface area contributed by atoms with Crippen LogP contribution in [0.15, 0.2) is 54.1 Å². The first-order chi connectivity index (χ1) is 11.1. The lowest BCUT2D eigenvalue weighted by Gasteiger charge is -2.32. The third-order valence-electron chi connectivity index (χ3n) is 4.35. The molecule has 0 radical (unpaired) electrons. The van der Waals surface area contributed by atoms with Gasteiger partial charge in [-0.15, -0.1) is 0 Å². The Labute approximate surface area is 132 Å². The number of carbonyl (C=O) groups is 2. The number of nitrogens with zero attached hydrogens (tertiary/aromatic N) is 1. The maximum Gasteiger partial charge on any atom is 0.322 e. The second kappa shape index (κ2) is 4.71. The minimum Gasteiger partial charge on any atom is -0.508 e. The highest BCUT2D eigenvalue weighted by Crippen LogP contribution is 2.43. The van der Waals surface area contributed by atoms with E-state index < -0.39 is 6.04 Å². The van der Waals surface area contributed by atoms with Crippen LogP contribution in [-0.4, -0.2) is 28.9 Å². The molecule has 0 fully saturated rings. The highest BCUT2D eigenvalue weighted by Gasteiger charge is 2.42. The van der Waals surface area contributed by atoms with E-state index in [1.807, 2.05) is 18.2 Å². The summed E-state index contributed by atoms with van der Waals surface area (Å²) in [5.41, 5.74) is 3.39. The zero-order chi connectivity index (χ0) is 16.1. The predicted molar refractivity (Wildman–Crippen MR) is 84.8 cm³/mol. The number of benzene rings is 2. The van der Waals surface area contributed by atoms with Gasteiger partial charge in [0.15, 0.2) is 5.78 Å². The average molecular weight is 306 g/mol. The van der Waals surface area contributed by atoms with Gasteiger partial charge in [-0.2, -0.15) is 0 Å². The molecule has 0 spiro atoms. The van der Waals surface area contributed by atoms with Gasteiger partial charge in [0.1, 0.15) is 5.75 Å². The van der Waals surface area contributed by atoms with E-state index in [1.54, 1.807) is 37.4 Å². The van der Waals surface area contributed by atoms with Gasteiger partial charge in [0, 0.05) is 18.2 Å². The summed E-state index contributed by atoms with van der Waals surface area (Å²) in [4.78, 5) is 26.7. The number of carbonyl (C=O) groups excluding carboxylic acids is 2. The number of rotatable bonds is 1. The summed E-state index contributed by atoms with van der Waals surface area (Å²) < 4.78 is 0. The highest BCUT2D eigenvalue weighted by atomic mass is 16.3. The Morgan fingerprint density at radius 1 is 1.00 bits per heavy atom. The molecule has 2 amide bonds. The number of aromatic hydroxyl groups is 1. The number of phenolic OH excluding ortho intramolecular Hbond substituents is 1. The lowest BCUT2D eigenvalue weighted by Crippen LogP contribution is -2.44. The van der Waals surface area contributed by atoms with Gasteiger partial charge in [-0.3, -0.25) is 9.69 Å². The summed E-state index contributed by atoms with van der Waals surface area (Å²) in [7, 11) is 1.66. The van der Waals surface area contributed by atoms with Gasteiger partial charge >= 0.3 is 6.03 Å². The smallest absolute Gasteiger partial charge is 0.322 e. The van der Waals surface area contributed by atoms with Gasteiger partial charge in [-0.05, 0) is 17.7 Å². The van der Waals surface area contributed by atoms with E-state index in [2.05, 4.69) is 5.32 Å². The summed E-state index contributed by atoms with van der Waals surface area (Å²) in [6.45, 7) is 0. The van der Waals surface area contributed by atoms with Crippen molar-refractivity contribution in [2.45, 2.75) is 6.04 Å². The van der Waals surface area contributed by atoms with Crippen molar-refractivity contribution in [3.8, 4) is 5.75 Å². The minimum absolute atomic E-state index is 0.0690. The molecule has 5 heteroatoms. The van der Waals surface area contributed by atoms with E-state index in [0.29, 0.717) is 16.8 Å². The van der Waals surface area contributed by atoms with E-state index in [-0.39, 0.29) is 17.6 Å². The molecule has 2 aliphatic rings. The summed E-state index contributed by atoms with van der Waals surface area (Å²) in [6.07, 6.45) is 0. The van der Waals surface area contributed by atoms with Crippen LogP contribution in [0.2, 0.25) is 0 Å². The summed E-state index contributed by atoms with van der Waals surface area (Å²) in [5.74, 6) is 0.0729. The fraction of sp³-hybridized carbons (Fsp3) is 0.111. The van der Waals surface area contributed by atoms with Crippen molar-refractivity contribution in [3.05, 3.63) is 70.8 Å². The summed E-state index contributed by atoms with van der Waals surface area (Å²) >= 11 is 0. The molecule has 0 saturated carbocycles. The van der Waals surface area contributed by atoms with Crippen molar-refractivity contribution < 1.29 is 14.7 Å². The number of Topliss-reactive ketones (excluding diaryl/α,β-unsaturated/α-hetero) is 1. The fourth-order valence-electron chi connectivity index (χ4n) is 3.23. The number of ketones is 1. The second-order valence-corrected chi connectivity index (χ2v) is 5.67. The Bertz CT molecular complexity index is 868. The maximum atomic E-state index is 12.8. The van der Waals surface area contributed by atoms with E-state index in [0.717, 1.165) is 11.1 Å². The predicted octanol–water partition coefficient (Wildman–Crippen LogP) is 2.70. The van der Waals surface area contributed by atoms with Crippen molar-refractivity contribution in [1.82, 2.24) is 10.2 Å². The monoisotopic (exact) mass is 306 g/mol. The largest absolute Gasteiger partial charge is 0.508 e. The molecule has 0 saturated heterocycles. The van der Waals surface area contributed by atoms with Gasteiger partial charge in [-0.25, -0.2) is 4.79 Å². The van der Waals surface area contributed by atoms with Crippen molar-refractivity contribution in [2.75, 3.05) is 7.05 Å². The Kier molecular flexibility index (Phi) is 2.78. The first-order valence-electron chi connectivity index (χ1n) is 7.29. The molecule has 1 aliphatic heterocycles. The number of fused-ring (bicyclic) bond motifs is 2. The van der Waals surface area contributed by atoms with Gasteiger partial charge in [0.05, 0.1) is 17.3 Å². The van der Waals surface area contributed by atoms with Gasteiger partial charge in [0.2, 0.25) is 0 Å². The van der Waals surface area contributed by atoms with Crippen LogP contribution in [0.5, 0.6) is 5.75 Å². The topological polar surface area (TPSA) is 69.6 Å². The normalized spacial score (nSPS) is 19.5. The SMILES string of the molecule is CN1C(=O)NC(c2ccc(O)cc2)C2=C1c1ccccc1C2=O. The van der Waals surface area contributed by atoms with E-state index >= 15 is 0 Å². The zero-order valence-corrected chi connectivity index (χ0v) is 12.4. The minimum atomic E-state index is -0.519. The van der Waals surface area contributed by atoms with Crippen LogP contribution < -0.4 is 5.32 Å². The molecule has 0 bridgehead atoms. The number of phenols is 1. The molecule has 1 aliphatic carbocycles. The molecule has 2 aromatic rings. The van der Waals surface area contributed by atoms with Crippen LogP contribution in [-0.2, 0) is 0 Å². The molecular formula is C18H14N2O3. The van der Waals surface area contributed by atoms with Crippen LogP contribution in [0, 0.1) is 0 Å². The van der Waals surface area contributed by atoms with Crippen molar-refractivity contribution in [2.24, 2.45) is 0 Å². The maximum absolute atomic E-state index is 12.8. The van der Waals surface area contributed by atoms with Crippen LogP contribution in [0.4, 0.5) is 4.79 Å². The lowest BCUT2D eigenvalue weighted by atomic mass is 9.94. The Balaban J connectivity index is 1.92. The number of amides is 2. The van der Waals surface area contributed by atoms with Crippen LogP contribution in [0.3, 0.4) is 0 Å².